The Bertz CT molecular complexity index is 892. The van der Waals surface area contributed by atoms with E-state index in [1.54, 1.807) is 20.8 Å². The van der Waals surface area contributed by atoms with Crippen LogP contribution in [0.3, 0.4) is 0 Å². The zero-order valence-corrected chi connectivity index (χ0v) is 16.3. The predicted molar refractivity (Wildman–Crippen MR) is 109 cm³/mol. The first-order chi connectivity index (χ1) is 12.6. The number of hydrogen-bond acceptors (Lipinski definition) is 7. The molecule has 0 amide bonds. The highest BCUT2D eigenvalue weighted by atomic mass is 16.5. The average Bonchev–Trinajstić information content (AvgIpc) is 3.05. The second-order valence-electron chi connectivity index (χ2n) is 7.46. The summed E-state index contributed by atoms with van der Waals surface area (Å²) in [5.41, 5.74) is 11.1. The minimum absolute atomic E-state index is 0. The summed E-state index contributed by atoms with van der Waals surface area (Å²) in [5.74, 6) is 1.31. The minimum Gasteiger partial charge on any atom is -0.490 e. The van der Waals surface area contributed by atoms with Gasteiger partial charge in [-0.3, -0.25) is 9.59 Å². The monoisotopic (exact) mass is 392 g/mol. The Morgan fingerprint density at radius 2 is 1.71 bits per heavy atom. The molecule has 28 heavy (non-hydrogen) atoms. The van der Waals surface area contributed by atoms with Crippen molar-refractivity contribution in [3.63, 3.8) is 0 Å². The summed E-state index contributed by atoms with van der Waals surface area (Å²) >= 11 is 0. The fourth-order valence-electron chi connectivity index (χ4n) is 2.81. The first kappa shape index (κ1) is 23.5. The Hall–Kier alpha value is -2.52. The molecule has 9 nitrogen and oxygen atoms in total. The van der Waals surface area contributed by atoms with E-state index in [2.05, 4.69) is 19.9 Å². The van der Waals surface area contributed by atoms with E-state index in [-0.39, 0.29) is 24.3 Å². The largest absolute Gasteiger partial charge is 0.490 e. The van der Waals surface area contributed by atoms with Gasteiger partial charge in [0.2, 0.25) is 5.75 Å². The van der Waals surface area contributed by atoms with Gasteiger partial charge in [0, 0.05) is 11.8 Å². The number of nitrogens with one attached hydrogen (secondary N) is 2. The number of aromatic nitrogens is 4. The fraction of sp³-hybridized carbons (Fsp3) is 0.579. The Morgan fingerprint density at radius 1 is 1.11 bits per heavy atom. The van der Waals surface area contributed by atoms with Crippen LogP contribution >= 0.6 is 0 Å². The third-order valence-corrected chi connectivity index (χ3v) is 4.54. The summed E-state index contributed by atoms with van der Waals surface area (Å²) in [4.78, 5) is 36.1. The molecule has 0 spiro atoms. The standard InChI is InChI=1S/C10H15N3O2.C8H13N3O.CH4/c1-15-7-6-12-9(13-8(7)14)10(11)4-2-3-5-10;1-5-4-10-7(8(2,3)9)11-6(5)12;/h6H,2-5,11H2,1H3,(H,12,13,14);4H,9H2,1-3H3,(H,10,11,12);1H4. The second-order valence-corrected chi connectivity index (χ2v) is 7.46. The van der Waals surface area contributed by atoms with Crippen molar-refractivity contribution in [1.82, 2.24) is 19.9 Å². The second kappa shape index (κ2) is 9.11. The number of rotatable bonds is 3. The minimum atomic E-state index is -0.590. The number of H-pyrrole nitrogens is 2. The maximum atomic E-state index is 11.5. The molecule has 6 N–H and O–H groups in total. The molecule has 2 heterocycles. The van der Waals surface area contributed by atoms with Crippen molar-refractivity contribution in [2.24, 2.45) is 11.5 Å². The number of aromatic amines is 2. The quantitative estimate of drug-likeness (QED) is 0.616. The molecule has 9 heteroatoms. The lowest BCUT2D eigenvalue weighted by molar-refractivity contribution is 0.393. The highest BCUT2D eigenvalue weighted by Gasteiger charge is 2.33. The molecule has 0 unspecified atom stereocenters. The Labute approximate surface area is 165 Å². The van der Waals surface area contributed by atoms with Gasteiger partial charge in [-0.15, -0.1) is 0 Å². The third kappa shape index (κ3) is 5.49. The van der Waals surface area contributed by atoms with Crippen molar-refractivity contribution in [3.05, 3.63) is 50.3 Å². The van der Waals surface area contributed by atoms with E-state index >= 15 is 0 Å². The normalized spacial score (nSPS) is 15.2. The summed E-state index contributed by atoms with van der Waals surface area (Å²) < 4.78 is 4.85. The van der Waals surface area contributed by atoms with Crippen LogP contribution in [0, 0.1) is 6.92 Å². The molecule has 0 atom stereocenters. The molecule has 3 rings (SSSR count). The van der Waals surface area contributed by atoms with Crippen molar-refractivity contribution >= 4 is 0 Å². The number of ether oxygens (including phenoxy) is 1. The van der Waals surface area contributed by atoms with Gasteiger partial charge in [0.1, 0.15) is 11.6 Å². The van der Waals surface area contributed by atoms with Crippen LogP contribution in [0.5, 0.6) is 5.75 Å². The number of hydrogen-bond donors (Lipinski definition) is 4. The number of nitrogens with zero attached hydrogens (tertiary/aromatic N) is 2. The lowest BCUT2D eigenvalue weighted by atomic mass is 9.98. The smallest absolute Gasteiger partial charge is 0.293 e. The van der Waals surface area contributed by atoms with Crippen LogP contribution in [0.2, 0.25) is 0 Å². The first-order valence-electron chi connectivity index (χ1n) is 8.85. The van der Waals surface area contributed by atoms with E-state index in [0.29, 0.717) is 17.2 Å². The Kier molecular flexibility index (Phi) is 7.66. The Morgan fingerprint density at radius 3 is 2.18 bits per heavy atom. The number of methoxy groups -OCH3 is 1. The van der Waals surface area contributed by atoms with Gasteiger partial charge in [-0.1, -0.05) is 20.3 Å². The lowest BCUT2D eigenvalue weighted by Gasteiger charge is -2.21. The van der Waals surface area contributed by atoms with E-state index in [1.807, 2.05) is 0 Å². The lowest BCUT2D eigenvalue weighted by Crippen LogP contribution is -2.37. The van der Waals surface area contributed by atoms with Crippen molar-refractivity contribution < 1.29 is 4.74 Å². The number of aryl methyl sites for hydroxylation is 1. The summed E-state index contributed by atoms with van der Waals surface area (Å²) in [6, 6.07) is 0. The molecule has 0 saturated heterocycles. The topological polar surface area (TPSA) is 153 Å². The van der Waals surface area contributed by atoms with E-state index in [1.165, 1.54) is 19.5 Å². The van der Waals surface area contributed by atoms with Crippen LogP contribution in [-0.4, -0.2) is 27.0 Å². The number of nitrogens with two attached hydrogens (primary N) is 2. The molecule has 0 bridgehead atoms. The third-order valence-electron chi connectivity index (χ3n) is 4.54. The van der Waals surface area contributed by atoms with E-state index in [4.69, 9.17) is 16.2 Å². The molecule has 1 aliphatic rings. The van der Waals surface area contributed by atoms with Crippen LogP contribution in [0.4, 0.5) is 0 Å². The van der Waals surface area contributed by atoms with Crippen LogP contribution in [0.15, 0.2) is 22.0 Å². The predicted octanol–water partition coefficient (Wildman–Crippen LogP) is 1.41. The molecular weight excluding hydrogens is 360 g/mol. The van der Waals surface area contributed by atoms with E-state index in [9.17, 15) is 9.59 Å². The summed E-state index contributed by atoms with van der Waals surface area (Å²) in [6.07, 6.45) is 6.90. The van der Waals surface area contributed by atoms with Crippen LogP contribution in [-0.2, 0) is 11.1 Å². The van der Waals surface area contributed by atoms with Gasteiger partial charge < -0.3 is 26.2 Å². The average molecular weight is 393 g/mol. The fourth-order valence-corrected chi connectivity index (χ4v) is 2.81. The van der Waals surface area contributed by atoms with Gasteiger partial charge in [0.25, 0.3) is 11.1 Å². The maximum Gasteiger partial charge on any atom is 0.293 e. The van der Waals surface area contributed by atoms with Crippen LogP contribution < -0.4 is 27.3 Å². The highest BCUT2D eigenvalue weighted by molar-refractivity contribution is 5.16. The van der Waals surface area contributed by atoms with Gasteiger partial charge in [0.05, 0.1) is 24.4 Å². The summed E-state index contributed by atoms with van der Waals surface area (Å²) in [6.45, 7) is 5.29. The zero-order valence-electron chi connectivity index (χ0n) is 16.3. The molecular formula is C19H32N6O3. The molecule has 2 aromatic rings. The van der Waals surface area contributed by atoms with Gasteiger partial charge in [-0.25, -0.2) is 9.97 Å². The van der Waals surface area contributed by atoms with Crippen molar-refractivity contribution in [3.8, 4) is 5.75 Å². The molecule has 0 aromatic carbocycles. The highest BCUT2D eigenvalue weighted by Crippen LogP contribution is 2.33. The molecule has 1 fully saturated rings. The SMILES string of the molecule is C.COc1cnc(C2(N)CCCC2)[nH]c1=O.Cc1cnc(C(C)(C)N)[nH]c1=O. The van der Waals surface area contributed by atoms with Gasteiger partial charge in [0.15, 0.2) is 0 Å². The van der Waals surface area contributed by atoms with Gasteiger partial charge in [-0.05, 0) is 33.6 Å². The van der Waals surface area contributed by atoms with E-state index < -0.39 is 11.1 Å². The van der Waals surface area contributed by atoms with E-state index in [0.717, 1.165) is 25.7 Å². The summed E-state index contributed by atoms with van der Waals surface area (Å²) in [7, 11) is 1.44. The van der Waals surface area contributed by atoms with Gasteiger partial charge >= 0.3 is 0 Å². The molecule has 0 aliphatic heterocycles. The molecule has 156 valence electrons. The van der Waals surface area contributed by atoms with Crippen LogP contribution in [0.1, 0.15) is 64.2 Å². The van der Waals surface area contributed by atoms with Crippen molar-refractivity contribution in [2.75, 3.05) is 7.11 Å². The van der Waals surface area contributed by atoms with Crippen molar-refractivity contribution in [2.45, 2.75) is 65.0 Å². The molecule has 2 aromatic heterocycles. The molecule has 1 aliphatic carbocycles. The maximum absolute atomic E-state index is 11.5. The molecule has 1 saturated carbocycles. The summed E-state index contributed by atoms with van der Waals surface area (Å²) in [5, 5.41) is 0. The van der Waals surface area contributed by atoms with Crippen molar-refractivity contribution in [1.29, 1.82) is 0 Å². The van der Waals surface area contributed by atoms with Crippen LogP contribution in [0.25, 0.3) is 0 Å². The Balaban J connectivity index is 0.000000277. The zero-order chi connectivity index (χ0) is 20.2. The molecule has 0 radical (unpaired) electrons. The van der Waals surface area contributed by atoms with Gasteiger partial charge in [-0.2, -0.15) is 0 Å². The first-order valence-corrected chi connectivity index (χ1v) is 8.85.